The zero-order chi connectivity index (χ0) is 28.1. The van der Waals surface area contributed by atoms with Crippen LogP contribution in [0.1, 0.15) is 21.9 Å². The second kappa shape index (κ2) is 12.4. The number of methoxy groups -OCH3 is 2. The number of amides is 2. The third-order valence-electron chi connectivity index (χ3n) is 6.83. The zero-order valence-electron chi connectivity index (χ0n) is 22.8. The third kappa shape index (κ3) is 5.48. The van der Waals surface area contributed by atoms with Crippen LogP contribution in [0.4, 0.5) is 5.82 Å². The van der Waals surface area contributed by atoms with Gasteiger partial charge in [0.1, 0.15) is 18.1 Å². The number of para-hydroxylation sites is 2. The number of anilines is 1. The van der Waals surface area contributed by atoms with E-state index >= 15 is 0 Å². The summed E-state index contributed by atoms with van der Waals surface area (Å²) in [7, 11) is 3.23. The van der Waals surface area contributed by atoms with Gasteiger partial charge in [0.15, 0.2) is 0 Å². The van der Waals surface area contributed by atoms with Gasteiger partial charge in [-0.1, -0.05) is 66.7 Å². The number of fused-ring (bicyclic) bond motifs is 1. The van der Waals surface area contributed by atoms with Crippen molar-refractivity contribution in [3.8, 4) is 22.7 Å². The van der Waals surface area contributed by atoms with E-state index in [1.165, 1.54) is 11.8 Å². The highest BCUT2D eigenvalue weighted by molar-refractivity contribution is 8.00. The minimum absolute atomic E-state index is 0.138. The number of rotatable bonds is 9. The van der Waals surface area contributed by atoms with Crippen LogP contribution in [-0.4, -0.2) is 61.3 Å². The predicted octanol–water partition coefficient (Wildman–Crippen LogP) is 4.79. The van der Waals surface area contributed by atoms with Crippen molar-refractivity contribution in [1.82, 2.24) is 15.1 Å². The van der Waals surface area contributed by atoms with Crippen LogP contribution in [0.25, 0.3) is 16.9 Å². The molecular weight excluding hydrogens is 524 g/mol. The fourth-order valence-electron chi connectivity index (χ4n) is 4.92. The molecule has 0 fully saturated rings. The van der Waals surface area contributed by atoms with Gasteiger partial charge < -0.3 is 14.8 Å². The molecule has 3 aromatic carbocycles. The van der Waals surface area contributed by atoms with E-state index in [2.05, 4.69) is 5.32 Å². The largest absolute Gasteiger partial charge is 0.496 e. The van der Waals surface area contributed by atoms with Gasteiger partial charge in [-0.05, 0) is 24.6 Å². The van der Waals surface area contributed by atoms with Crippen molar-refractivity contribution in [1.29, 1.82) is 0 Å². The molecule has 1 N–H and O–H groups in total. The van der Waals surface area contributed by atoms with E-state index in [9.17, 15) is 9.59 Å². The van der Waals surface area contributed by atoms with Crippen molar-refractivity contribution < 1.29 is 19.1 Å². The lowest BCUT2D eigenvalue weighted by Gasteiger charge is -2.24. The van der Waals surface area contributed by atoms with Gasteiger partial charge in [-0.2, -0.15) is 5.10 Å². The summed E-state index contributed by atoms with van der Waals surface area (Å²) in [4.78, 5) is 28.5. The summed E-state index contributed by atoms with van der Waals surface area (Å²) in [6.07, 6.45) is 0. The Bertz CT molecular complexity index is 1500. The number of nitrogens with one attached hydrogen (secondary N) is 1. The fourth-order valence-corrected chi connectivity index (χ4v) is 6.14. The minimum atomic E-state index is -0.273. The number of carbonyl (C=O) groups is 2. The highest BCUT2D eigenvalue weighted by Gasteiger charge is 2.38. The average molecular weight is 557 g/mol. The molecule has 0 radical (unpaired) electrons. The second-order valence-corrected chi connectivity index (χ2v) is 10.5. The lowest BCUT2D eigenvalue weighted by molar-refractivity contribution is -0.123. The van der Waals surface area contributed by atoms with Crippen LogP contribution in [-0.2, 0) is 14.3 Å². The van der Waals surface area contributed by atoms with E-state index in [4.69, 9.17) is 14.6 Å². The minimum Gasteiger partial charge on any atom is -0.496 e. The molecule has 5 rings (SSSR count). The van der Waals surface area contributed by atoms with E-state index in [1.807, 2.05) is 90.5 Å². The molecular formula is C31H32N4O4S. The normalized spacial score (nSPS) is 14.9. The molecule has 9 heteroatoms. The number of benzene rings is 3. The molecule has 0 aliphatic carbocycles. The quantitative estimate of drug-likeness (QED) is 0.299. The number of hydrogen-bond donors (Lipinski definition) is 1. The predicted molar refractivity (Wildman–Crippen MR) is 158 cm³/mol. The number of aryl methyl sites for hydroxylation is 1. The summed E-state index contributed by atoms with van der Waals surface area (Å²) in [6.45, 7) is 2.62. The van der Waals surface area contributed by atoms with Gasteiger partial charge >= 0.3 is 0 Å². The maximum absolute atomic E-state index is 13.8. The van der Waals surface area contributed by atoms with Crippen LogP contribution < -0.4 is 15.0 Å². The van der Waals surface area contributed by atoms with Gasteiger partial charge in [-0.3, -0.25) is 14.5 Å². The average Bonchev–Trinajstić information content (AvgIpc) is 3.30. The summed E-state index contributed by atoms with van der Waals surface area (Å²) >= 11 is 1.52. The van der Waals surface area contributed by atoms with Crippen LogP contribution in [0, 0.1) is 6.92 Å². The lowest BCUT2D eigenvalue weighted by Crippen LogP contribution is -2.43. The van der Waals surface area contributed by atoms with Gasteiger partial charge in [0, 0.05) is 30.3 Å². The maximum Gasteiger partial charge on any atom is 0.240 e. The number of aromatic nitrogens is 2. The van der Waals surface area contributed by atoms with E-state index in [1.54, 1.807) is 19.1 Å². The summed E-state index contributed by atoms with van der Waals surface area (Å²) in [5, 5.41) is 7.74. The van der Waals surface area contributed by atoms with Gasteiger partial charge in [-0.15, -0.1) is 11.8 Å². The zero-order valence-corrected chi connectivity index (χ0v) is 23.6. The van der Waals surface area contributed by atoms with E-state index < -0.39 is 0 Å². The molecule has 2 heterocycles. The Morgan fingerprint density at radius 3 is 2.50 bits per heavy atom. The SMILES string of the molecule is COCCNC(=O)CN1C(=O)CS[C@H](c2ccccc2OC)c2c(-c3ccccc3)nn(-c3ccccc3C)c21. The van der Waals surface area contributed by atoms with Crippen LogP contribution in [0.2, 0.25) is 0 Å². The smallest absolute Gasteiger partial charge is 0.240 e. The summed E-state index contributed by atoms with van der Waals surface area (Å²) in [5.74, 6) is 1.06. The van der Waals surface area contributed by atoms with Crippen molar-refractivity contribution in [2.75, 3.05) is 44.6 Å². The molecule has 4 aromatic rings. The maximum atomic E-state index is 13.8. The molecule has 0 saturated carbocycles. The summed E-state index contributed by atoms with van der Waals surface area (Å²) in [5.41, 5.74) is 5.31. The molecule has 0 spiro atoms. The Labute approximate surface area is 238 Å². The Morgan fingerprint density at radius 2 is 1.75 bits per heavy atom. The van der Waals surface area contributed by atoms with Crippen molar-refractivity contribution in [3.05, 3.63) is 95.6 Å². The first-order valence-corrected chi connectivity index (χ1v) is 14.1. The molecule has 0 unspecified atom stereocenters. The van der Waals surface area contributed by atoms with Crippen molar-refractivity contribution in [2.45, 2.75) is 12.2 Å². The van der Waals surface area contributed by atoms with Gasteiger partial charge in [0.25, 0.3) is 0 Å². The lowest BCUT2D eigenvalue weighted by atomic mass is 9.99. The molecule has 1 atom stereocenters. The molecule has 8 nitrogen and oxygen atoms in total. The number of thioether (sulfide) groups is 1. The fraction of sp³-hybridized carbons (Fsp3) is 0.258. The first kappa shape index (κ1) is 27.5. The Balaban J connectivity index is 1.78. The van der Waals surface area contributed by atoms with E-state index in [0.717, 1.165) is 39.4 Å². The topological polar surface area (TPSA) is 85.7 Å². The van der Waals surface area contributed by atoms with Gasteiger partial charge in [-0.25, -0.2) is 4.68 Å². The molecule has 1 aliphatic rings. The molecule has 206 valence electrons. The molecule has 0 saturated heterocycles. The summed E-state index contributed by atoms with van der Waals surface area (Å²) in [6, 6.07) is 25.7. The standard InChI is InChI=1S/C31H32N4O4S/c1-21-11-7-9-15-24(21)35-31-28(29(33-35)22-12-5-4-6-13-22)30(23-14-8-10-16-25(23)39-3)40-20-27(37)34(31)19-26(36)32-17-18-38-2/h4-16,30H,17-20H2,1-3H3,(H,32,36)/t30-/m1/s1. The number of nitrogens with zero attached hydrogens (tertiary/aromatic N) is 3. The number of hydrogen-bond acceptors (Lipinski definition) is 6. The first-order chi connectivity index (χ1) is 19.5. The number of ether oxygens (including phenoxy) is 2. The Hall–Kier alpha value is -4.08. The highest BCUT2D eigenvalue weighted by atomic mass is 32.2. The Morgan fingerprint density at radius 1 is 1.02 bits per heavy atom. The van der Waals surface area contributed by atoms with Crippen molar-refractivity contribution in [2.24, 2.45) is 0 Å². The van der Waals surface area contributed by atoms with Crippen molar-refractivity contribution in [3.63, 3.8) is 0 Å². The number of carbonyl (C=O) groups excluding carboxylic acids is 2. The molecule has 0 bridgehead atoms. The van der Waals surface area contributed by atoms with Gasteiger partial charge in [0.05, 0.1) is 36.1 Å². The third-order valence-corrected chi connectivity index (χ3v) is 8.07. The van der Waals surface area contributed by atoms with E-state index in [-0.39, 0.29) is 29.4 Å². The van der Waals surface area contributed by atoms with Crippen LogP contribution in [0.5, 0.6) is 5.75 Å². The van der Waals surface area contributed by atoms with Gasteiger partial charge in [0.2, 0.25) is 11.8 Å². The molecule has 2 amide bonds. The Kier molecular flexibility index (Phi) is 8.52. The summed E-state index contributed by atoms with van der Waals surface area (Å²) < 4.78 is 12.7. The molecule has 1 aliphatic heterocycles. The first-order valence-electron chi connectivity index (χ1n) is 13.1. The molecule has 40 heavy (non-hydrogen) atoms. The van der Waals surface area contributed by atoms with Crippen molar-refractivity contribution >= 4 is 29.4 Å². The molecule has 1 aromatic heterocycles. The van der Waals surface area contributed by atoms with Crippen LogP contribution in [0.3, 0.4) is 0 Å². The van der Waals surface area contributed by atoms with E-state index in [0.29, 0.717) is 19.0 Å². The van der Waals surface area contributed by atoms with Crippen LogP contribution >= 0.6 is 11.8 Å². The van der Waals surface area contributed by atoms with Crippen LogP contribution in [0.15, 0.2) is 78.9 Å². The second-order valence-electron chi connectivity index (χ2n) is 9.41. The monoisotopic (exact) mass is 556 g/mol. The highest BCUT2D eigenvalue weighted by Crippen LogP contribution is 2.50.